The minimum absolute atomic E-state index is 0.0876. The van der Waals surface area contributed by atoms with Crippen molar-refractivity contribution < 1.29 is 14.3 Å². The smallest absolute Gasteiger partial charge is 0.410 e. The normalized spacial score (nSPS) is 16.2. The van der Waals surface area contributed by atoms with Crippen LogP contribution >= 0.6 is 0 Å². The van der Waals surface area contributed by atoms with Gasteiger partial charge in [0, 0.05) is 39.8 Å². The van der Waals surface area contributed by atoms with E-state index in [1.54, 1.807) is 9.80 Å². The van der Waals surface area contributed by atoms with Crippen molar-refractivity contribution >= 4 is 12.1 Å². The number of carbonyl (C=O) groups is 2. The van der Waals surface area contributed by atoms with Gasteiger partial charge in [0.1, 0.15) is 5.60 Å². The SMILES string of the molecule is CCN(CC)C(=O)N(C)CC1CCN(C(=O)OC(C)(C)C)CC1. The summed E-state index contributed by atoms with van der Waals surface area (Å²) < 4.78 is 5.41. The fourth-order valence-corrected chi connectivity index (χ4v) is 2.83. The number of piperidine rings is 1. The molecule has 1 aliphatic heterocycles. The van der Waals surface area contributed by atoms with Gasteiger partial charge in [0.25, 0.3) is 0 Å². The lowest BCUT2D eigenvalue weighted by atomic mass is 9.96. The maximum atomic E-state index is 12.3. The number of likely N-dealkylation sites (tertiary alicyclic amines) is 1. The van der Waals surface area contributed by atoms with Gasteiger partial charge >= 0.3 is 12.1 Å². The van der Waals surface area contributed by atoms with Crippen molar-refractivity contribution in [3.63, 3.8) is 0 Å². The molecule has 0 unspecified atom stereocenters. The van der Waals surface area contributed by atoms with Crippen LogP contribution in [-0.4, -0.2) is 72.2 Å². The molecule has 6 nitrogen and oxygen atoms in total. The van der Waals surface area contributed by atoms with Crippen LogP contribution < -0.4 is 0 Å². The van der Waals surface area contributed by atoms with Gasteiger partial charge in [-0.3, -0.25) is 0 Å². The molecule has 0 N–H and O–H groups in total. The Hall–Kier alpha value is -1.46. The average molecular weight is 327 g/mol. The topological polar surface area (TPSA) is 53.1 Å². The largest absolute Gasteiger partial charge is 0.444 e. The van der Waals surface area contributed by atoms with Crippen LogP contribution in [0.15, 0.2) is 0 Å². The summed E-state index contributed by atoms with van der Waals surface area (Å²) in [5.74, 6) is 0.443. The summed E-state index contributed by atoms with van der Waals surface area (Å²) in [6.07, 6.45) is 1.59. The molecule has 0 radical (unpaired) electrons. The van der Waals surface area contributed by atoms with Crippen LogP contribution in [0, 0.1) is 5.92 Å². The van der Waals surface area contributed by atoms with E-state index in [-0.39, 0.29) is 12.1 Å². The molecule has 1 fully saturated rings. The van der Waals surface area contributed by atoms with Gasteiger partial charge in [-0.15, -0.1) is 0 Å². The monoisotopic (exact) mass is 327 g/mol. The van der Waals surface area contributed by atoms with E-state index in [1.165, 1.54) is 0 Å². The Bertz CT molecular complexity index is 394. The quantitative estimate of drug-likeness (QED) is 0.797. The van der Waals surface area contributed by atoms with Crippen molar-refractivity contribution in [2.75, 3.05) is 39.8 Å². The van der Waals surface area contributed by atoms with Crippen LogP contribution in [0.1, 0.15) is 47.5 Å². The molecule has 1 rings (SSSR count). The first-order valence-electron chi connectivity index (χ1n) is 8.65. The molecule has 1 heterocycles. The third-order valence-electron chi connectivity index (χ3n) is 4.16. The van der Waals surface area contributed by atoms with Crippen LogP contribution in [0.3, 0.4) is 0 Å². The van der Waals surface area contributed by atoms with Crippen LogP contribution in [-0.2, 0) is 4.74 Å². The number of rotatable bonds is 4. The molecule has 1 saturated heterocycles. The molecule has 0 aromatic heterocycles. The Balaban J connectivity index is 2.42. The van der Waals surface area contributed by atoms with E-state index in [9.17, 15) is 9.59 Å². The Kier molecular flexibility index (Phi) is 7.16. The van der Waals surface area contributed by atoms with Crippen molar-refractivity contribution in [1.82, 2.24) is 14.7 Å². The minimum Gasteiger partial charge on any atom is -0.444 e. The molecule has 0 bridgehead atoms. The van der Waals surface area contributed by atoms with E-state index in [0.717, 1.165) is 32.5 Å². The zero-order chi connectivity index (χ0) is 17.6. The van der Waals surface area contributed by atoms with Crippen LogP contribution in [0.5, 0.6) is 0 Å². The zero-order valence-corrected chi connectivity index (χ0v) is 15.6. The molecule has 0 spiro atoms. The van der Waals surface area contributed by atoms with Gasteiger partial charge in [0.05, 0.1) is 0 Å². The molecule has 1 aliphatic rings. The number of ether oxygens (including phenoxy) is 1. The predicted molar refractivity (Wildman–Crippen MR) is 91.5 cm³/mol. The second kappa shape index (κ2) is 8.41. The number of nitrogens with zero attached hydrogens (tertiary/aromatic N) is 3. The lowest BCUT2D eigenvalue weighted by Gasteiger charge is -2.35. The lowest BCUT2D eigenvalue weighted by Crippen LogP contribution is -2.46. The Labute approximate surface area is 140 Å². The molecule has 3 amide bonds. The fraction of sp³-hybridized carbons (Fsp3) is 0.882. The van der Waals surface area contributed by atoms with Crippen molar-refractivity contribution in [1.29, 1.82) is 0 Å². The summed E-state index contributed by atoms with van der Waals surface area (Å²) in [6.45, 7) is 13.2. The number of amides is 3. The Morgan fingerprint density at radius 3 is 2.09 bits per heavy atom. The summed E-state index contributed by atoms with van der Waals surface area (Å²) in [6, 6.07) is 0.0876. The van der Waals surface area contributed by atoms with Gasteiger partial charge in [0.2, 0.25) is 0 Å². The van der Waals surface area contributed by atoms with Gasteiger partial charge in [-0.05, 0) is 53.4 Å². The molecule has 6 heteroatoms. The van der Waals surface area contributed by atoms with E-state index in [1.807, 2.05) is 46.6 Å². The van der Waals surface area contributed by atoms with Gasteiger partial charge < -0.3 is 19.4 Å². The highest BCUT2D eigenvalue weighted by molar-refractivity contribution is 5.74. The number of hydrogen-bond acceptors (Lipinski definition) is 3. The van der Waals surface area contributed by atoms with Crippen LogP contribution in [0.2, 0.25) is 0 Å². The van der Waals surface area contributed by atoms with E-state index in [0.29, 0.717) is 19.0 Å². The van der Waals surface area contributed by atoms with Gasteiger partial charge in [-0.1, -0.05) is 0 Å². The van der Waals surface area contributed by atoms with Crippen molar-refractivity contribution in [2.24, 2.45) is 5.92 Å². The molecule has 0 aliphatic carbocycles. The molecule has 0 atom stereocenters. The number of urea groups is 1. The molecule has 134 valence electrons. The summed E-state index contributed by atoms with van der Waals surface area (Å²) in [5, 5.41) is 0. The molecule has 0 saturated carbocycles. The molecule has 0 aromatic rings. The van der Waals surface area contributed by atoms with Crippen molar-refractivity contribution in [3.05, 3.63) is 0 Å². The van der Waals surface area contributed by atoms with Crippen LogP contribution in [0.25, 0.3) is 0 Å². The predicted octanol–water partition coefficient (Wildman–Crippen LogP) is 3.03. The van der Waals surface area contributed by atoms with Crippen LogP contribution in [0.4, 0.5) is 9.59 Å². The minimum atomic E-state index is -0.454. The van der Waals surface area contributed by atoms with E-state index in [4.69, 9.17) is 4.74 Å². The van der Waals surface area contributed by atoms with Gasteiger partial charge in [-0.2, -0.15) is 0 Å². The summed E-state index contributed by atoms with van der Waals surface area (Å²) >= 11 is 0. The first kappa shape index (κ1) is 19.6. The second-order valence-electron chi connectivity index (χ2n) is 7.25. The number of hydrogen-bond donors (Lipinski definition) is 0. The highest BCUT2D eigenvalue weighted by Crippen LogP contribution is 2.20. The third-order valence-corrected chi connectivity index (χ3v) is 4.16. The first-order valence-corrected chi connectivity index (χ1v) is 8.65. The summed E-state index contributed by atoms with van der Waals surface area (Å²) in [7, 11) is 1.86. The molecular formula is C17H33N3O3. The molecular weight excluding hydrogens is 294 g/mol. The third kappa shape index (κ3) is 6.28. The lowest BCUT2D eigenvalue weighted by molar-refractivity contribution is 0.0174. The molecule has 0 aromatic carbocycles. The standard InChI is InChI=1S/C17H33N3O3/c1-7-19(8-2)15(21)18(6)13-14-9-11-20(12-10-14)16(22)23-17(3,4)5/h14H,7-13H2,1-6H3. The summed E-state index contributed by atoms with van der Waals surface area (Å²) in [5.41, 5.74) is -0.454. The summed E-state index contributed by atoms with van der Waals surface area (Å²) in [4.78, 5) is 29.7. The number of carbonyl (C=O) groups excluding carboxylic acids is 2. The van der Waals surface area contributed by atoms with Crippen molar-refractivity contribution in [3.8, 4) is 0 Å². The zero-order valence-electron chi connectivity index (χ0n) is 15.6. The fourth-order valence-electron chi connectivity index (χ4n) is 2.83. The van der Waals surface area contributed by atoms with Gasteiger partial charge in [-0.25, -0.2) is 9.59 Å². The molecule has 23 heavy (non-hydrogen) atoms. The van der Waals surface area contributed by atoms with Crippen molar-refractivity contribution in [2.45, 2.75) is 53.1 Å². The highest BCUT2D eigenvalue weighted by atomic mass is 16.6. The Morgan fingerprint density at radius 1 is 1.13 bits per heavy atom. The maximum absolute atomic E-state index is 12.3. The highest BCUT2D eigenvalue weighted by Gasteiger charge is 2.28. The maximum Gasteiger partial charge on any atom is 0.410 e. The van der Waals surface area contributed by atoms with E-state index < -0.39 is 5.60 Å². The second-order valence-corrected chi connectivity index (χ2v) is 7.25. The Morgan fingerprint density at radius 2 is 1.65 bits per heavy atom. The van der Waals surface area contributed by atoms with Gasteiger partial charge in [0.15, 0.2) is 0 Å². The average Bonchev–Trinajstić information content (AvgIpc) is 2.47. The van der Waals surface area contributed by atoms with E-state index >= 15 is 0 Å². The van der Waals surface area contributed by atoms with E-state index in [2.05, 4.69) is 0 Å². The first-order chi connectivity index (χ1) is 10.7.